The zero-order chi connectivity index (χ0) is 26.4. The van der Waals surface area contributed by atoms with Gasteiger partial charge in [0.2, 0.25) is 0 Å². The molecule has 2 aliphatic rings. The molecule has 0 N–H and O–H groups in total. The van der Waals surface area contributed by atoms with Crippen LogP contribution in [0, 0.1) is 5.92 Å². The second kappa shape index (κ2) is 10.4. The number of hydrogen-bond acceptors (Lipinski definition) is 7. The molecule has 1 unspecified atom stereocenters. The lowest BCUT2D eigenvalue weighted by atomic mass is 9.92. The summed E-state index contributed by atoms with van der Waals surface area (Å²) >= 11 is 6.22. The summed E-state index contributed by atoms with van der Waals surface area (Å²) in [5.41, 5.74) is 3.19. The highest BCUT2D eigenvalue weighted by Crippen LogP contribution is 2.36. The Balaban J connectivity index is 1.33. The Morgan fingerprint density at radius 1 is 1.08 bits per heavy atom. The summed E-state index contributed by atoms with van der Waals surface area (Å²) in [4.78, 5) is 14.9. The Bertz CT molecular complexity index is 1390. The molecule has 5 heterocycles. The number of hydrogen-bond donors (Lipinski definition) is 0. The van der Waals surface area contributed by atoms with Crippen LogP contribution < -0.4 is 4.90 Å². The van der Waals surface area contributed by atoms with Crippen molar-refractivity contribution in [3.05, 3.63) is 47.5 Å². The number of imidazole rings is 1. The molecule has 0 amide bonds. The molecule has 4 aromatic rings. The Kier molecular flexibility index (Phi) is 7.01. The van der Waals surface area contributed by atoms with E-state index < -0.39 is 0 Å². The number of aromatic nitrogens is 6. The maximum absolute atomic E-state index is 6.22. The van der Waals surface area contributed by atoms with Crippen molar-refractivity contribution < 1.29 is 4.74 Å². The zero-order valence-electron chi connectivity index (χ0n) is 22.7. The van der Waals surface area contributed by atoms with Gasteiger partial charge in [-0.1, -0.05) is 37.6 Å². The topological polar surface area (TPSA) is 76.6 Å². The molecule has 2 fully saturated rings. The van der Waals surface area contributed by atoms with Crippen LogP contribution in [0.2, 0.25) is 5.02 Å². The second-order valence-electron chi connectivity index (χ2n) is 11.4. The lowest BCUT2D eigenvalue weighted by molar-refractivity contribution is 0.0960. The van der Waals surface area contributed by atoms with Gasteiger partial charge in [0.05, 0.1) is 19.0 Å². The molecule has 6 rings (SSSR count). The maximum atomic E-state index is 6.22. The van der Waals surface area contributed by atoms with Crippen molar-refractivity contribution >= 4 is 34.4 Å². The fraction of sp³-hybridized carbons (Fsp3) is 0.571. The number of fused-ring (bicyclic) bond motifs is 3. The number of piperazine rings is 1. The molecule has 1 aromatic carbocycles. The largest absolute Gasteiger partial charge is 0.376 e. The average molecular weight is 537 g/mol. The number of halogens is 1. The minimum Gasteiger partial charge on any atom is -0.376 e. The van der Waals surface area contributed by atoms with Gasteiger partial charge in [0.15, 0.2) is 11.5 Å². The lowest BCUT2D eigenvalue weighted by Crippen LogP contribution is -2.57. The normalized spacial score (nSPS) is 23.7. The van der Waals surface area contributed by atoms with Crippen LogP contribution in [0.1, 0.15) is 58.6 Å². The summed E-state index contributed by atoms with van der Waals surface area (Å²) < 4.78 is 10.0. The Hall–Kier alpha value is -2.75. The molecule has 0 bridgehead atoms. The highest BCUT2D eigenvalue weighted by molar-refractivity contribution is 6.30. The van der Waals surface area contributed by atoms with Crippen LogP contribution in [-0.4, -0.2) is 71.9 Å². The number of benzene rings is 1. The highest BCUT2D eigenvalue weighted by Gasteiger charge is 2.36. The smallest absolute Gasteiger partial charge is 0.258 e. The van der Waals surface area contributed by atoms with Crippen molar-refractivity contribution in [2.75, 3.05) is 24.6 Å². The highest BCUT2D eigenvalue weighted by atomic mass is 35.5. The minimum absolute atomic E-state index is 0.212. The van der Waals surface area contributed by atoms with Crippen LogP contribution in [0.3, 0.4) is 0 Å². The van der Waals surface area contributed by atoms with Crippen LogP contribution >= 0.6 is 11.6 Å². The van der Waals surface area contributed by atoms with Gasteiger partial charge in [-0.25, -0.2) is 9.38 Å². The standard InChI is InChI=1S/C28H37ClN8O/c1-18(2)12-24(21-7-9-22(29)10-8-21)35-13-20(4)36(14-19(35)3)26-25-27(37-17-31-33-28(37)32-26)34(16-30-25)15-23-6-5-11-38-23/h7-10,16-20,23-24H,5-6,11-15H2,1-4H3/t19-,20+,23+,24?/m1/s1. The van der Waals surface area contributed by atoms with Crippen molar-refractivity contribution in [3.63, 3.8) is 0 Å². The van der Waals surface area contributed by atoms with Crippen molar-refractivity contribution in [2.45, 2.75) is 77.7 Å². The van der Waals surface area contributed by atoms with Gasteiger partial charge in [-0.3, -0.25) is 4.90 Å². The lowest BCUT2D eigenvalue weighted by Gasteiger charge is -2.48. The van der Waals surface area contributed by atoms with Gasteiger partial charge in [-0.2, -0.15) is 4.98 Å². The van der Waals surface area contributed by atoms with E-state index in [-0.39, 0.29) is 12.1 Å². The van der Waals surface area contributed by atoms with E-state index in [9.17, 15) is 0 Å². The van der Waals surface area contributed by atoms with Crippen LogP contribution in [0.4, 0.5) is 5.82 Å². The molecule has 10 heteroatoms. The molecule has 0 aliphatic carbocycles. The summed E-state index contributed by atoms with van der Waals surface area (Å²) in [5.74, 6) is 2.07. The van der Waals surface area contributed by atoms with E-state index in [0.29, 0.717) is 23.8 Å². The molecule has 38 heavy (non-hydrogen) atoms. The fourth-order valence-electron chi connectivity index (χ4n) is 6.21. The fourth-order valence-corrected chi connectivity index (χ4v) is 6.33. The number of anilines is 1. The minimum atomic E-state index is 0.212. The van der Waals surface area contributed by atoms with E-state index in [0.717, 1.165) is 67.5 Å². The predicted molar refractivity (Wildman–Crippen MR) is 150 cm³/mol. The van der Waals surface area contributed by atoms with Crippen molar-refractivity contribution in [3.8, 4) is 0 Å². The third kappa shape index (κ3) is 4.76. The quantitative estimate of drug-likeness (QED) is 0.329. The first-order valence-corrected chi connectivity index (χ1v) is 14.2. The number of nitrogens with zero attached hydrogens (tertiary/aromatic N) is 8. The van der Waals surface area contributed by atoms with Crippen molar-refractivity contribution in [1.29, 1.82) is 0 Å². The molecule has 202 valence electrons. The van der Waals surface area contributed by atoms with E-state index in [2.05, 4.69) is 64.4 Å². The molecule has 3 aromatic heterocycles. The summed E-state index contributed by atoms with van der Waals surface area (Å²) in [7, 11) is 0. The van der Waals surface area contributed by atoms with E-state index in [1.807, 2.05) is 22.9 Å². The zero-order valence-corrected chi connectivity index (χ0v) is 23.4. The molecular formula is C28H37ClN8O. The van der Waals surface area contributed by atoms with Crippen LogP contribution in [0.15, 0.2) is 36.9 Å². The predicted octanol–water partition coefficient (Wildman–Crippen LogP) is 4.99. The van der Waals surface area contributed by atoms with Crippen LogP contribution in [0.5, 0.6) is 0 Å². The first-order valence-electron chi connectivity index (χ1n) is 13.8. The Morgan fingerprint density at radius 3 is 2.63 bits per heavy atom. The van der Waals surface area contributed by atoms with Crippen LogP contribution in [0.25, 0.3) is 16.9 Å². The molecule has 0 spiro atoms. The average Bonchev–Trinajstić information content (AvgIpc) is 3.65. The molecule has 9 nitrogen and oxygen atoms in total. The monoisotopic (exact) mass is 536 g/mol. The van der Waals surface area contributed by atoms with Gasteiger partial charge in [-0.05, 0) is 56.7 Å². The van der Waals surface area contributed by atoms with Gasteiger partial charge >= 0.3 is 0 Å². The molecule has 2 saturated heterocycles. The van der Waals surface area contributed by atoms with Gasteiger partial charge in [0.25, 0.3) is 5.78 Å². The van der Waals surface area contributed by atoms with Gasteiger partial charge in [-0.15, -0.1) is 10.2 Å². The van der Waals surface area contributed by atoms with Gasteiger partial charge in [0.1, 0.15) is 11.8 Å². The molecule has 2 aliphatic heterocycles. The van der Waals surface area contributed by atoms with E-state index in [1.54, 1.807) is 6.33 Å². The SMILES string of the molecule is CC(C)CC(c1ccc(Cl)cc1)N1C[C@H](C)N(c2nc3nncn3c3c2ncn3C[C@@H]2CCCO2)C[C@H]1C. The summed E-state index contributed by atoms with van der Waals surface area (Å²) in [5, 5.41) is 9.27. The summed E-state index contributed by atoms with van der Waals surface area (Å²) in [6.45, 7) is 12.6. The Morgan fingerprint density at radius 2 is 1.89 bits per heavy atom. The number of rotatable bonds is 7. The molecular weight excluding hydrogens is 500 g/mol. The maximum Gasteiger partial charge on any atom is 0.258 e. The van der Waals surface area contributed by atoms with E-state index in [1.165, 1.54) is 5.56 Å². The summed E-state index contributed by atoms with van der Waals surface area (Å²) in [6, 6.07) is 9.30. The molecule has 0 saturated carbocycles. The van der Waals surface area contributed by atoms with Crippen molar-refractivity contribution in [2.24, 2.45) is 5.92 Å². The molecule has 0 radical (unpaired) electrons. The van der Waals surface area contributed by atoms with E-state index >= 15 is 0 Å². The third-order valence-electron chi connectivity index (χ3n) is 8.07. The second-order valence-corrected chi connectivity index (χ2v) is 11.8. The Labute approximate surface area is 228 Å². The number of ether oxygens (including phenoxy) is 1. The van der Waals surface area contributed by atoms with Crippen LogP contribution in [-0.2, 0) is 11.3 Å². The first kappa shape index (κ1) is 25.5. The van der Waals surface area contributed by atoms with Crippen molar-refractivity contribution in [1.82, 2.24) is 34.0 Å². The first-order chi connectivity index (χ1) is 18.4. The van der Waals surface area contributed by atoms with E-state index in [4.69, 9.17) is 26.3 Å². The summed E-state index contributed by atoms with van der Waals surface area (Å²) in [6.07, 6.45) is 7.14. The molecule has 4 atom stereocenters. The third-order valence-corrected chi connectivity index (χ3v) is 8.32. The van der Waals surface area contributed by atoms with Gasteiger partial charge in [0, 0.05) is 42.8 Å². The van der Waals surface area contributed by atoms with Gasteiger partial charge < -0.3 is 14.2 Å².